The number of hydrogen-bond acceptors (Lipinski definition) is 5. The van der Waals surface area contributed by atoms with Crippen LogP contribution in [0.1, 0.15) is 24.9 Å². The maximum absolute atomic E-state index is 12.8. The number of esters is 1. The van der Waals surface area contributed by atoms with Gasteiger partial charge in [-0.2, -0.15) is 11.8 Å². The fourth-order valence-corrected chi connectivity index (χ4v) is 3.77. The largest absolute Gasteiger partial charge is 0.464 e. The maximum atomic E-state index is 12.8. The summed E-state index contributed by atoms with van der Waals surface area (Å²) in [5, 5.41) is 2.61. The normalized spacial score (nSPS) is 18.3. The highest BCUT2D eigenvalue weighted by Gasteiger charge is 2.34. The number of nitrogens with one attached hydrogen (secondary N) is 1. The van der Waals surface area contributed by atoms with E-state index in [1.54, 1.807) is 23.6 Å². The van der Waals surface area contributed by atoms with Crippen LogP contribution in [0.4, 0.5) is 4.79 Å². The maximum Gasteiger partial charge on any atom is 0.329 e. The van der Waals surface area contributed by atoms with Gasteiger partial charge in [-0.3, -0.25) is 4.79 Å². The smallest absolute Gasteiger partial charge is 0.329 e. The summed E-state index contributed by atoms with van der Waals surface area (Å²) < 4.78 is 5.08. The zero-order chi connectivity index (χ0) is 18.2. The van der Waals surface area contributed by atoms with Gasteiger partial charge in [-0.25, -0.2) is 9.59 Å². The number of urea groups is 1. The molecule has 1 fully saturated rings. The Morgan fingerprint density at radius 2 is 2.08 bits per heavy atom. The van der Waals surface area contributed by atoms with Crippen LogP contribution in [0.15, 0.2) is 30.3 Å². The van der Waals surface area contributed by atoms with Gasteiger partial charge in [0.2, 0.25) is 5.91 Å². The summed E-state index contributed by atoms with van der Waals surface area (Å²) in [5.74, 6) is 0.688. The van der Waals surface area contributed by atoms with Crippen LogP contribution in [-0.4, -0.2) is 53.5 Å². The SMILES string of the molecule is CCOC(=O)[C@@H]1CSCCN1C(=O)C[C@@H](NC(N)=O)c1ccccc1. The lowest BCUT2D eigenvalue weighted by Gasteiger charge is -2.34. The summed E-state index contributed by atoms with van der Waals surface area (Å²) in [6, 6.07) is 7.33. The third kappa shape index (κ3) is 5.38. The molecule has 1 aliphatic heterocycles. The Kier molecular flexibility index (Phi) is 7.12. The van der Waals surface area contributed by atoms with Gasteiger partial charge in [0.1, 0.15) is 6.04 Å². The molecule has 1 aromatic rings. The first kappa shape index (κ1) is 19.1. The second-order valence-corrected chi connectivity index (χ2v) is 6.76. The van der Waals surface area contributed by atoms with Crippen molar-refractivity contribution in [2.75, 3.05) is 24.7 Å². The Morgan fingerprint density at radius 1 is 1.36 bits per heavy atom. The van der Waals surface area contributed by atoms with Crippen molar-refractivity contribution >= 4 is 29.7 Å². The molecular weight excluding hydrogens is 342 g/mol. The van der Waals surface area contributed by atoms with Crippen molar-refractivity contribution in [2.24, 2.45) is 5.73 Å². The molecule has 0 unspecified atom stereocenters. The molecule has 7 nitrogen and oxygen atoms in total. The molecule has 25 heavy (non-hydrogen) atoms. The predicted octanol–water partition coefficient (Wildman–Crippen LogP) is 1.29. The summed E-state index contributed by atoms with van der Waals surface area (Å²) in [6.07, 6.45) is 0.0352. The number of primary amides is 1. The van der Waals surface area contributed by atoms with E-state index in [0.29, 0.717) is 12.3 Å². The Labute approximate surface area is 151 Å². The lowest BCUT2D eigenvalue weighted by Crippen LogP contribution is -2.51. The minimum atomic E-state index is -0.696. The van der Waals surface area contributed by atoms with E-state index in [9.17, 15) is 14.4 Å². The first-order valence-electron chi connectivity index (χ1n) is 8.17. The van der Waals surface area contributed by atoms with E-state index in [1.165, 1.54) is 0 Å². The average molecular weight is 365 g/mol. The molecule has 0 radical (unpaired) electrons. The molecule has 3 N–H and O–H groups in total. The van der Waals surface area contributed by atoms with E-state index >= 15 is 0 Å². The van der Waals surface area contributed by atoms with Crippen molar-refractivity contribution in [3.8, 4) is 0 Å². The van der Waals surface area contributed by atoms with Crippen LogP contribution < -0.4 is 11.1 Å². The zero-order valence-corrected chi connectivity index (χ0v) is 15.0. The van der Waals surface area contributed by atoms with E-state index in [1.807, 2.05) is 30.3 Å². The van der Waals surface area contributed by atoms with Crippen molar-refractivity contribution in [3.05, 3.63) is 35.9 Å². The molecule has 2 atom stereocenters. The van der Waals surface area contributed by atoms with E-state index in [-0.39, 0.29) is 24.9 Å². The summed E-state index contributed by atoms with van der Waals surface area (Å²) in [5.41, 5.74) is 6.03. The molecule has 0 aliphatic carbocycles. The van der Waals surface area contributed by atoms with Gasteiger partial charge in [0.25, 0.3) is 0 Å². The molecule has 0 spiro atoms. The lowest BCUT2D eigenvalue weighted by molar-refractivity contribution is -0.154. The monoisotopic (exact) mass is 365 g/mol. The summed E-state index contributed by atoms with van der Waals surface area (Å²) in [4.78, 5) is 37.8. The van der Waals surface area contributed by atoms with E-state index < -0.39 is 18.1 Å². The van der Waals surface area contributed by atoms with Crippen molar-refractivity contribution in [1.82, 2.24) is 10.2 Å². The fraction of sp³-hybridized carbons (Fsp3) is 0.471. The molecule has 1 aromatic carbocycles. The number of thioether (sulfide) groups is 1. The molecule has 0 aromatic heterocycles. The summed E-state index contributed by atoms with van der Waals surface area (Å²) in [7, 11) is 0. The van der Waals surface area contributed by atoms with Crippen LogP contribution in [-0.2, 0) is 14.3 Å². The standard InChI is InChI=1S/C17H23N3O4S/c1-2-24-16(22)14-11-25-9-8-20(14)15(21)10-13(19-17(18)23)12-6-4-3-5-7-12/h3-7,13-14H,2,8-11H2,1H3,(H3,18,19,23)/t13-,14+/m1/s1. The molecular formula is C17H23N3O4S. The quantitative estimate of drug-likeness (QED) is 0.740. The number of carbonyl (C=O) groups is 3. The van der Waals surface area contributed by atoms with Crippen molar-refractivity contribution in [1.29, 1.82) is 0 Å². The number of hydrogen-bond donors (Lipinski definition) is 2. The summed E-state index contributed by atoms with van der Waals surface area (Å²) in [6.45, 7) is 2.49. The van der Waals surface area contributed by atoms with Gasteiger partial charge in [0, 0.05) is 18.1 Å². The van der Waals surface area contributed by atoms with Gasteiger partial charge in [-0.15, -0.1) is 0 Å². The first-order chi connectivity index (χ1) is 12.0. The Morgan fingerprint density at radius 3 is 2.72 bits per heavy atom. The summed E-state index contributed by atoms with van der Waals surface area (Å²) >= 11 is 1.62. The lowest BCUT2D eigenvalue weighted by atomic mass is 10.0. The zero-order valence-electron chi connectivity index (χ0n) is 14.1. The number of carbonyl (C=O) groups excluding carboxylic acids is 3. The highest BCUT2D eigenvalue weighted by atomic mass is 32.2. The molecule has 0 bridgehead atoms. The van der Waals surface area contributed by atoms with Crippen LogP contribution in [0, 0.1) is 0 Å². The second-order valence-electron chi connectivity index (χ2n) is 5.61. The second kappa shape index (κ2) is 9.31. The number of rotatable bonds is 6. The molecule has 1 aliphatic rings. The van der Waals surface area contributed by atoms with Gasteiger partial charge >= 0.3 is 12.0 Å². The molecule has 136 valence electrons. The van der Waals surface area contributed by atoms with Crippen molar-refractivity contribution < 1.29 is 19.1 Å². The Bertz CT molecular complexity index is 611. The third-order valence-corrected chi connectivity index (χ3v) is 4.93. The molecule has 8 heteroatoms. The van der Waals surface area contributed by atoms with E-state index in [0.717, 1.165) is 11.3 Å². The van der Waals surface area contributed by atoms with Crippen LogP contribution in [0.2, 0.25) is 0 Å². The highest BCUT2D eigenvalue weighted by Crippen LogP contribution is 2.23. The van der Waals surface area contributed by atoms with Gasteiger partial charge in [0.05, 0.1) is 19.1 Å². The van der Waals surface area contributed by atoms with Crippen molar-refractivity contribution in [2.45, 2.75) is 25.4 Å². The van der Waals surface area contributed by atoms with Gasteiger partial charge in [-0.1, -0.05) is 30.3 Å². The molecule has 2 rings (SSSR count). The highest BCUT2D eigenvalue weighted by molar-refractivity contribution is 7.99. The molecule has 1 saturated heterocycles. The molecule has 1 heterocycles. The van der Waals surface area contributed by atoms with E-state index in [2.05, 4.69) is 5.32 Å². The minimum absolute atomic E-state index is 0.0352. The predicted molar refractivity (Wildman–Crippen MR) is 96.0 cm³/mol. The average Bonchev–Trinajstić information content (AvgIpc) is 2.61. The number of ether oxygens (including phenoxy) is 1. The van der Waals surface area contributed by atoms with Gasteiger partial charge < -0.3 is 20.7 Å². The number of amides is 3. The molecule has 3 amide bonds. The number of nitrogens with zero attached hydrogens (tertiary/aromatic N) is 1. The molecule has 0 saturated carbocycles. The fourth-order valence-electron chi connectivity index (χ4n) is 2.74. The van der Waals surface area contributed by atoms with Crippen molar-refractivity contribution in [3.63, 3.8) is 0 Å². The van der Waals surface area contributed by atoms with Crippen LogP contribution in [0.5, 0.6) is 0 Å². The topological polar surface area (TPSA) is 102 Å². The Hall–Kier alpha value is -2.22. The number of benzene rings is 1. The van der Waals surface area contributed by atoms with Crippen LogP contribution >= 0.6 is 11.8 Å². The third-order valence-electron chi connectivity index (χ3n) is 3.90. The first-order valence-corrected chi connectivity index (χ1v) is 9.33. The van der Waals surface area contributed by atoms with E-state index in [4.69, 9.17) is 10.5 Å². The van der Waals surface area contributed by atoms with Gasteiger partial charge in [0.15, 0.2) is 0 Å². The van der Waals surface area contributed by atoms with Gasteiger partial charge in [-0.05, 0) is 12.5 Å². The van der Waals surface area contributed by atoms with Crippen LogP contribution in [0.3, 0.4) is 0 Å². The number of nitrogens with two attached hydrogens (primary N) is 1. The Balaban J connectivity index is 2.12. The van der Waals surface area contributed by atoms with Crippen LogP contribution in [0.25, 0.3) is 0 Å². The minimum Gasteiger partial charge on any atom is -0.464 e.